The number of amides is 1. The Labute approximate surface area is 118 Å². The molecule has 1 heterocycles. The number of hydrogen-bond donors (Lipinski definition) is 1. The normalized spacial score (nSPS) is 22.2. The molecular weight excluding hydrogens is 260 g/mol. The predicted octanol–water partition coefficient (Wildman–Crippen LogP) is 1.71. The second-order valence-corrected chi connectivity index (χ2v) is 5.31. The summed E-state index contributed by atoms with van der Waals surface area (Å²) in [5, 5.41) is 0. The molecule has 2 unspecified atom stereocenters. The van der Waals surface area contributed by atoms with Crippen molar-refractivity contribution in [3.63, 3.8) is 0 Å². The van der Waals surface area contributed by atoms with Gasteiger partial charge < -0.3 is 15.4 Å². The number of nitrogens with two attached hydrogens (primary N) is 1. The lowest BCUT2D eigenvalue weighted by molar-refractivity contribution is -0.128. The lowest BCUT2D eigenvalue weighted by atomic mass is 10.0. The fourth-order valence-corrected chi connectivity index (χ4v) is 2.32. The van der Waals surface area contributed by atoms with Gasteiger partial charge in [0.05, 0.1) is 0 Å². The molecule has 0 aromatic heterocycles. The smallest absolute Gasteiger partial charge is 0.256 e. The highest BCUT2D eigenvalue weighted by molar-refractivity contribution is 7.80. The van der Waals surface area contributed by atoms with Gasteiger partial charge in [0.25, 0.3) is 5.91 Å². The van der Waals surface area contributed by atoms with Gasteiger partial charge in [-0.1, -0.05) is 31.3 Å². The highest BCUT2D eigenvalue weighted by Crippen LogP contribution is 2.24. The Hall–Kier alpha value is -1.46. The van der Waals surface area contributed by atoms with Gasteiger partial charge in [-0.3, -0.25) is 4.79 Å². The van der Waals surface area contributed by atoms with E-state index in [0.717, 1.165) is 17.7 Å². The van der Waals surface area contributed by atoms with Crippen molar-refractivity contribution >= 4 is 28.8 Å². The van der Waals surface area contributed by atoms with Crippen molar-refractivity contribution in [3.05, 3.63) is 29.8 Å². The summed E-state index contributed by atoms with van der Waals surface area (Å²) in [6.45, 7) is 2.69. The van der Waals surface area contributed by atoms with Gasteiger partial charge >= 0.3 is 0 Å². The van der Waals surface area contributed by atoms with E-state index in [2.05, 4.69) is 0 Å². The molecule has 19 heavy (non-hydrogen) atoms. The second-order valence-electron chi connectivity index (χ2n) is 4.87. The van der Waals surface area contributed by atoms with E-state index in [1.807, 2.05) is 31.2 Å². The van der Waals surface area contributed by atoms with Gasteiger partial charge in [-0.2, -0.15) is 0 Å². The molecule has 2 atom stereocenters. The maximum absolute atomic E-state index is 12.4. The summed E-state index contributed by atoms with van der Waals surface area (Å²) in [4.78, 5) is 14.3. The maximum Gasteiger partial charge on any atom is 0.256 e. The average molecular weight is 278 g/mol. The number of thiocarbonyl (C=S) groups is 1. The van der Waals surface area contributed by atoms with E-state index >= 15 is 0 Å². The molecule has 102 valence electrons. The Morgan fingerprint density at radius 1 is 1.53 bits per heavy atom. The molecule has 2 rings (SSSR count). The van der Waals surface area contributed by atoms with Crippen LogP contribution < -0.4 is 10.6 Å². The summed E-state index contributed by atoms with van der Waals surface area (Å²) in [5.74, 6) is 0.235. The first-order valence-corrected chi connectivity index (χ1v) is 6.70. The monoisotopic (exact) mass is 278 g/mol. The molecule has 0 spiro atoms. The third-order valence-corrected chi connectivity index (χ3v) is 3.72. The summed E-state index contributed by atoms with van der Waals surface area (Å²) in [6, 6.07) is 7.35. The van der Waals surface area contributed by atoms with Crippen molar-refractivity contribution in [1.82, 2.24) is 0 Å². The molecule has 0 saturated carbocycles. The fraction of sp³-hybridized carbons (Fsp3) is 0.429. The van der Waals surface area contributed by atoms with Crippen LogP contribution in [0.3, 0.4) is 0 Å². The highest BCUT2D eigenvalue weighted by atomic mass is 32.1. The van der Waals surface area contributed by atoms with Crippen LogP contribution in [0.15, 0.2) is 24.3 Å². The SMILES string of the molecule is CC1CCOC1C(=O)N(C)c1cccc(C(N)=S)c1. The van der Waals surface area contributed by atoms with E-state index in [1.54, 1.807) is 11.9 Å². The standard InChI is InChI=1S/C14H18N2O2S/c1-9-6-7-18-12(9)14(17)16(2)11-5-3-4-10(8-11)13(15)19/h3-5,8-9,12H,6-7H2,1-2H3,(H2,15,19). The third kappa shape index (κ3) is 2.93. The third-order valence-electron chi connectivity index (χ3n) is 3.48. The van der Waals surface area contributed by atoms with Crippen LogP contribution >= 0.6 is 12.2 Å². The minimum absolute atomic E-state index is 0.0231. The highest BCUT2D eigenvalue weighted by Gasteiger charge is 2.33. The van der Waals surface area contributed by atoms with Gasteiger partial charge in [-0.05, 0) is 24.5 Å². The molecule has 1 amide bonds. The van der Waals surface area contributed by atoms with E-state index in [9.17, 15) is 4.79 Å². The number of carbonyl (C=O) groups excluding carboxylic acids is 1. The Morgan fingerprint density at radius 3 is 2.84 bits per heavy atom. The van der Waals surface area contributed by atoms with Gasteiger partial charge in [0.2, 0.25) is 0 Å². The summed E-state index contributed by atoms with van der Waals surface area (Å²) in [7, 11) is 1.75. The minimum Gasteiger partial charge on any atom is -0.389 e. The van der Waals surface area contributed by atoms with Crippen LogP contribution in [0.2, 0.25) is 0 Å². The van der Waals surface area contributed by atoms with Crippen molar-refractivity contribution in [1.29, 1.82) is 0 Å². The molecule has 1 aliphatic rings. The number of benzene rings is 1. The zero-order chi connectivity index (χ0) is 14.0. The van der Waals surface area contributed by atoms with E-state index in [0.29, 0.717) is 11.6 Å². The molecule has 1 aliphatic heterocycles. The molecule has 2 N–H and O–H groups in total. The van der Waals surface area contributed by atoms with Crippen LogP contribution in [0.5, 0.6) is 0 Å². The number of nitrogens with zero attached hydrogens (tertiary/aromatic N) is 1. The van der Waals surface area contributed by atoms with Gasteiger partial charge in [0.15, 0.2) is 0 Å². The number of ether oxygens (including phenoxy) is 1. The zero-order valence-corrected chi connectivity index (χ0v) is 11.9. The maximum atomic E-state index is 12.4. The molecule has 0 aliphatic carbocycles. The summed E-state index contributed by atoms with van der Waals surface area (Å²) >= 11 is 4.95. The Balaban J connectivity index is 2.19. The zero-order valence-electron chi connectivity index (χ0n) is 11.1. The van der Waals surface area contributed by atoms with E-state index in [1.165, 1.54) is 0 Å². The van der Waals surface area contributed by atoms with Crippen molar-refractivity contribution in [2.24, 2.45) is 11.7 Å². The Bertz CT molecular complexity index is 504. The van der Waals surface area contributed by atoms with E-state index < -0.39 is 0 Å². The van der Waals surface area contributed by atoms with Crippen molar-refractivity contribution in [3.8, 4) is 0 Å². The molecular formula is C14H18N2O2S. The van der Waals surface area contributed by atoms with Crippen molar-refractivity contribution < 1.29 is 9.53 Å². The Morgan fingerprint density at radius 2 is 2.26 bits per heavy atom. The van der Waals surface area contributed by atoms with Gasteiger partial charge in [-0.15, -0.1) is 0 Å². The van der Waals surface area contributed by atoms with Crippen LogP contribution in [0.25, 0.3) is 0 Å². The van der Waals surface area contributed by atoms with Crippen LogP contribution in [-0.4, -0.2) is 30.7 Å². The number of carbonyl (C=O) groups is 1. The lowest BCUT2D eigenvalue weighted by Gasteiger charge is -2.23. The molecule has 1 saturated heterocycles. The quantitative estimate of drug-likeness (QED) is 0.855. The first-order chi connectivity index (χ1) is 9.00. The number of rotatable bonds is 3. The molecule has 1 aromatic rings. The molecule has 5 heteroatoms. The number of likely N-dealkylation sites (N-methyl/N-ethyl adjacent to an activating group) is 1. The molecule has 0 bridgehead atoms. The van der Waals surface area contributed by atoms with Crippen molar-refractivity contribution in [2.45, 2.75) is 19.4 Å². The summed E-state index contributed by atoms with van der Waals surface area (Å²) < 4.78 is 5.51. The predicted molar refractivity (Wildman–Crippen MR) is 79.3 cm³/mol. The first kappa shape index (κ1) is 14.0. The van der Waals surface area contributed by atoms with E-state index in [-0.39, 0.29) is 17.9 Å². The molecule has 1 aromatic carbocycles. The lowest BCUT2D eigenvalue weighted by Crippen LogP contribution is -2.38. The van der Waals surface area contributed by atoms with E-state index in [4.69, 9.17) is 22.7 Å². The minimum atomic E-state index is -0.349. The Kier molecular flexibility index (Phi) is 4.17. The first-order valence-electron chi connectivity index (χ1n) is 6.29. The van der Waals surface area contributed by atoms with Gasteiger partial charge in [0, 0.05) is 24.9 Å². The second kappa shape index (κ2) is 5.67. The number of hydrogen-bond acceptors (Lipinski definition) is 3. The van der Waals surface area contributed by atoms with Crippen molar-refractivity contribution in [2.75, 3.05) is 18.6 Å². The summed E-state index contributed by atoms with van der Waals surface area (Å²) in [6.07, 6.45) is 0.579. The molecule has 4 nitrogen and oxygen atoms in total. The topological polar surface area (TPSA) is 55.6 Å². The average Bonchev–Trinajstić information content (AvgIpc) is 2.83. The van der Waals surface area contributed by atoms with Gasteiger partial charge in [0.1, 0.15) is 11.1 Å². The molecule has 0 radical (unpaired) electrons. The fourth-order valence-electron chi connectivity index (χ4n) is 2.20. The van der Waals surface area contributed by atoms with Crippen LogP contribution in [0.4, 0.5) is 5.69 Å². The number of anilines is 1. The molecule has 1 fully saturated rings. The van der Waals surface area contributed by atoms with Crippen LogP contribution in [-0.2, 0) is 9.53 Å². The van der Waals surface area contributed by atoms with Crippen LogP contribution in [0, 0.1) is 5.92 Å². The summed E-state index contributed by atoms with van der Waals surface area (Å²) in [5.41, 5.74) is 7.14. The largest absolute Gasteiger partial charge is 0.389 e. The van der Waals surface area contributed by atoms with Gasteiger partial charge in [-0.25, -0.2) is 0 Å². The van der Waals surface area contributed by atoms with Crippen LogP contribution in [0.1, 0.15) is 18.9 Å².